The number of benzene rings is 1. The van der Waals surface area contributed by atoms with Crippen LogP contribution in [0.4, 0.5) is 23.3 Å². The van der Waals surface area contributed by atoms with E-state index in [1.807, 2.05) is 48.3 Å². The number of nitrogens with zero attached hydrogens (tertiary/aromatic N) is 16. The molecule has 7 aliphatic rings. The van der Waals surface area contributed by atoms with Gasteiger partial charge in [-0.25, -0.2) is 39.9 Å². The molecule has 0 bridgehead atoms. The Balaban J connectivity index is 0.000000124. The molecule has 16 rings (SSSR count). The Hall–Kier alpha value is -6.38. The first-order valence-electron chi connectivity index (χ1n) is 37.5. The number of fused-ring (bicyclic) bond motifs is 8. The molecule has 1 saturated carbocycles. The van der Waals surface area contributed by atoms with Gasteiger partial charge in [-0.3, -0.25) is 19.2 Å². The number of thiophene rings is 4. The van der Waals surface area contributed by atoms with Gasteiger partial charge < -0.3 is 39.2 Å². The van der Waals surface area contributed by atoms with Crippen LogP contribution in [0.2, 0.25) is 0 Å². The number of alkyl halides is 4. The highest BCUT2D eigenvalue weighted by Crippen LogP contribution is 2.45. The minimum absolute atomic E-state index is 0.00487. The fourth-order valence-electron chi connectivity index (χ4n) is 15.0. The Morgan fingerprint density at radius 1 is 0.429 bits per heavy atom. The average Bonchev–Trinajstić information content (AvgIpc) is 1.63. The molecule has 1 aromatic carbocycles. The topological polar surface area (TPSA) is 197 Å². The molecule has 0 spiro atoms. The van der Waals surface area contributed by atoms with Crippen molar-refractivity contribution in [2.75, 3.05) is 148 Å². The summed E-state index contributed by atoms with van der Waals surface area (Å²) in [4.78, 5) is 113. The number of rotatable bonds is 15. The van der Waals surface area contributed by atoms with E-state index in [1.165, 1.54) is 102 Å². The van der Waals surface area contributed by atoms with Crippen molar-refractivity contribution in [3.05, 3.63) is 101 Å². The molecule has 5 fully saturated rings. The van der Waals surface area contributed by atoms with Crippen molar-refractivity contribution in [3.63, 3.8) is 0 Å². The maximum Gasteiger partial charge on any atom is 0.237 e. The number of anilines is 4. The van der Waals surface area contributed by atoms with Gasteiger partial charge in [0.15, 0.2) is 0 Å². The summed E-state index contributed by atoms with van der Waals surface area (Å²) in [6, 6.07) is 10.5. The van der Waals surface area contributed by atoms with Gasteiger partial charge in [0.05, 0.1) is 21.5 Å². The molecule has 9 aromatic rings. The third-order valence-electron chi connectivity index (χ3n) is 21.5. The number of aryl methyl sites for hydroxylation is 11. The third kappa shape index (κ3) is 17.4. The molecule has 560 valence electrons. The van der Waals surface area contributed by atoms with E-state index in [1.54, 1.807) is 22.7 Å². The molecule has 3 aliphatic carbocycles. The summed E-state index contributed by atoms with van der Waals surface area (Å²) >= 11 is 30.1. The lowest BCUT2D eigenvalue weighted by Gasteiger charge is -2.35. The average molecular weight is 1580 g/mol. The summed E-state index contributed by atoms with van der Waals surface area (Å²) in [5.41, 5.74) is 6.79. The minimum Gasteiger partial charge on any atom is -0.352 e. The molecule has 4 amide bonds. The van der Waals surface area contributed by atoms with Crippen LogP contribution < -0.4 is 19.6 Å². The summed E-state index contributed by atoms with van der Waals surface area (Å²) in [6.07, 6.45) is 15.3. The molecule has 12 heterocycles. The number of carbonyl (C=O) groups is 4. The Labute approximate surface area is 652 Å². The van der Waals surface area contributed by atoms with E-state index in [9.17, 15) is 19.2 Å². The number of hydrogen-bond donors (Lipinski definition) is 0. The summed E-state index contributed by atoms with van der Waals surface area (Å²) in [5.74, 6) is 9.59. The first kappa shape index (κ1) is 76.8. The van der Waals surface area contributed by atoms with Crippen molar-refractivity contribution in [2.24, 2.45) is 5.92 Å². The van der Waals surface area contributed by atoms with E-state index in [0.29, 0.717) is 58.3 Å². The quantitative estimate of drug-likeness (QED) is 0.0878. The van der Waals surface area contributed by atoms with Gasteiger partial charge in [-0.05, 0) is 132 Å². The van der Waals surface area contributed by atoms with Gasteiger partial charge in [-0.1, -0.05) is 51.1 Å². The Morgan fingerprint density at radius 2 is 0.829 bits per heavy atom. The van der Waals surface area contributed by atoms with Gasteiger partial charge >= 0.3 is 0 Å². The largest absolute Gasteiger partial charge is 0.352 e. The molecule has 0 radical (unpaired) electrons. The number of carbonyl (C=O) groups excluding carboxylic acids is 4. The zero-order valence-corrected chi connectivity index (χ0v) is 67.8. The molecule has 1 atom stereocenters. The first-order valence-corrected chi connectivity index (χ1v) is 42.9. The van der Waals surface area contributed by atoms with Crippen LogP contribution in [0.15, 0.2) is 30.3 Å². The fraction of sp³-hybridized carbons (Fsp3) is 0.558. The number of aromatic nitrogens is 8. The Morgan fingerprint density at radius 3 is 1.29 bits per heavy atom. The van der Waals surface area contributed by atoms with Crippen LogP contribution in [-0.2, 0) is 70.5 Å². The number of piperazine rings is 4. The molecule has 28 heteroatoms. The summed E-state index contributed by atoms with van der Waals surface area (Å²) in [6.45, 7) is 27.2. The predicted octanol–water partition coefficient (Wildman–Crippen LogP) is 13.7. The smallest absolute Gasteiger partial charge is 0.237 e. The Bertz CT molecular complexity index is 4590. The van der Waals surface area contributed by atoms with Gasteiger partial charge in [-0.2, -0.15) is 0 Å². The maximum absolute atomic E-state index is 11.9. The van der Waals surface area contributed by atoms with Crippen molar-refractivity contribution in [2.45, 2.75) is 144 Å². The van der Waals surface area contributed by atoms with Gasteiger partial charge in [0.1, 0.15) is 89.4 Å². The van der Waals surface area contributed by atoms with Crippen LogP contribution in [0.5, 0.6) is 0 Å². The molecule has 0 N–H and O–H groups in total. The van der Waals surface area contributed by atoms with Gasteiger partial charge in [0.2, 0.25) is 23.6 Å². The second-order valence-electron chi connectivity index (χ2n) is 28.5. The second-order valence-corrected chi connectivity index (χ2v) is 34.2. The van der Waals surface area contributed by atoms with Crippen LogP contribution in [-0.4, -0.2) is 211 Å². The van der Waals surface area contributed by atoms with E-state index < -0.39 is 0 Å². The number of hydrogen-bond acceptors (Lipinski definition) is 20. The highest BCUT2D eigenvalue weighted by molar-refractivity contribution is 7.20. The lowest BCUT2D eigenvalue weighted by Crippen LogP contribution is -2.49. The van der Waals surface area contributed by atoms with Crippen LogP contribution in [0, 0.1) is 33.6 Å². The van der Waals surface area contributed by atoms with Crippen LogP contribution in [0.3, 0.4) is 0 Å². The molecular weight excluding hydrogens is 1480 g/mol. The summed E-state index contributed by atoms with van der Waals surface area (Å²) in [7, 11) is 0. The highest BCUT2D eigenvalue weighted by atomic mass is 35.5. The highest BCUT2D eigenvalue weighted by Gasteiger charge is 2.34. The lowest BCUT2D eigenvalue weighted by atomic mass is 9.89. The van der Waals surface area contributed by atoms with Crippen molar-refractivity contribution >= 4 is 180 Å². The summed E-state index contributed by atoms with van der Waals surface area (Å²) in [5, 5.41) is 4.90. The molecule has 20 nitrogen and oxygen atoms in total. The molecular formula is C77H96Cl4N16O4S4. The van der Waals surface area contributed by atoms with Gasteiger partial charge in [0, 0.05) is 149 Å². The van der Waals surface area contributed by atoms with Crippen molar-refractivity contribution in [1.82, 2.24) is 59.5 Å². The van der Waals surface area contributed by atoms with Crippen LogP contribution >= 0.6 is 91.8 Å². The van der Waals surface area contributed by atoms with E-state index in [2.05, 4.69) is 92.3 Å². The third-order valence-corrected chi connectivity index (χ3v) is 27.0. The molecule has 1 unspecified atom stereocenters. The number of amides is 4. The molecule has 8 aromatic heterocycles. The van der Waals surface area contributed by atoms with Gasteiger partial charge in [-0.15, -0.1) is 91.8 Å². The van der Waals surface area contributed by atoms with E-state index in [-0.39, 0.29) is 47.1 Å². The number of halogens is 4. The second kappa shape index (κ2) is 34.9. The van der Waals surface area contributed by atoms with E-state index in [0.717, 1.165) is 181 Å². The molecule has 4 saturated heterocycles. The van der Waals surface area contributed by atoms with Crippen molar-refractivity contribution in [1.29, 1.82) is 0 Å². The summed E-state index contributed by atoms with van der Waals surface area (Å²) < 4.78 is 0. The lowest BCUT2D eigenvalue weighted by molar-refractivity contribution is -0.129. The van der Waals surface area contributed by atoms with E-state index >= 15 is 0 Å². The van der Waals surface area contributed by atoms with Crippen molar-refractivity contribution < 1.29 is 19.2 Å². The predicted molar refractivity (Wildman–Crippen MR) is 434 cm³/mol. The van der Waals surface area contributed by atoms with Crippen LogP contribution in [0.1, 0.15) is 136 Å². The molecule has 4 aliphatic heterocycles. The fourth-order valence-corrected chi connectivity index (χ4v) is 20.4. The molecule has 105 heavy (non-hydrogen) atoms. The van der Waals surface area contributed by atoms with E-state index in [4.69, 9.17) is 86.3 Å². The standard InChI is InChI=1S/C22H25ClN4OS.C20H27ClN4OS.C18H23ClN4OS.C17H21ClN4OS/c1-15-16(2)29-22-20(15)21(27-12-10-26(11-13-27)19(28)14-23)24-18(25-22)9-8-17-6-4-3-5-7-17;1-3-4-16-22-19(25-9-7-24(8-10-25)17(26)12-21)18-14-6-5-13(2)11-15(14)27-20(18)23-16;1-2-14-20-17(23-9-7-22(8-10-23)15(24)11-19)16-12-5-3-4-6-13(12)25-18(16)21-14;1-10-11(2)24-17-14(10)16(19-15(20-17)12-3-4-12)22-7-5-21(6-8-22)13(23)9-18/h3-7H,8-14H2,1-2H3;13H,3-12H2,1-2H3;2-11H2,1H3;12H,3-9H2,1-2H3. The zero-order chi connectivity index (χ0) is 73.6. The monoisotopic (exact) mass is 1580 g/mol. The Kier molecular flexibility index (Phi) is 25.5. The zero-order valence-electron chi connectivity index (χ0n) is 61.5. The normalized spacial score (nSPS) is 17.7. The van der Waals surface area contributed by atoms with Crippen LogP contribution in [0.25, 0.3) is 40.9 Å². The maximum atomic E-state index is 11.9. The van der Waals surface area contributed by atoms with Crippen molar-refractivity contribution in [3.8, 4) is 0 Å². The SMILES string of the molecule is CCCc1nc(N2CCN(C(=O)CCl)CC2)c2c3c(sc2n1)CC(C)CC3.CCc1nc(N2CCN(C(=O)CCl)CC2)c2c3c(sc2n1)CCCC3.Cc1sc2nc(C3CC3)nc(N3CCN(C(=O)CCl)CC3)c2c1C.Cc1sc2nc(CCc3ccccc3)nc(N3CCN(C(=O)CCl)CC3)c2c1C. The van der Waals surface area contributed by atoms with Gasteiger partial charge in [0.25, 0.3) is 0 Å². The minimum atomic E-state index is 0.00487. The first-order chi connectivity index (χ1) is 51.0.